The maximum absolute atomic E-state index is 4.65. The Kier molecular flexibility index (Phi) is 4.59. The minimum atomic E-state index is 0.806. The van der Waals surface area contributed by atoms with Gasteiger partial charge in [-0.05, 0) is 47.9 Å². The number of nitrogens with zero attached hydrogens (tertiary/aromatic N) is 3. The highest BCUT2D eigenvalue weighted by Crippen LogP contribution is 2.31. The van der Waals surface area contributed by atoms with Crippen LogP contribution in [0.25, 0.3) is 33.1 Å². The molecule has 3 heterocycles. The van der Waals surface area contributed by atoms with Crippen LogP contribution in [0, 0.1) is 5.92 Å². The maximum atomic E-state index is 4.65. The number of fused-ring (bicyclic) bond motifs is 2. The Morgan fingerprint density at radius 2 is 2.03 bits per heavy atom. The first-order valence-corrected chi connectivity index (χ1v) is 11.4. The van der Waals surface area contributed by atoms with Crippen molar-refractivity contribution >= 4 is 21.8 Å². The Hall–Kier alpha value is -3.34. The van der Waals surface area contributed by atoms with Crippen LogP contribution in [0.5, 0.6) is 0 Å². The molecule has 0 spiro atoms. The molecule has 0 radical (unpaired) electrons. The van der Waals surface area contributed by atoms with E-state index < -0.39 is 0 Å². The van der Waals surface area contributed by atoms with E-state index in [1.165, 1.54) is 54.3 Å². The van der Waals surface area contributed by atoms with Gasteiger partial charge in [0.25, 0.3) is 0 Å². The standard InChI is InChI=1S/C26H27N5/c1-4-18(5-1)6-2-7-21-13-20-11-10-19(12-25(20)29-21)15-31-16-26(27-17-31)22-8-3-9-24-23(22)14-28-30-24/h3,8-14,16-18,29H,1-2,4-7,15H2,(H,28,30). The van der Waals surface area contributed by atoms with Gasteiger partial charge in [-0.15, -0.1) is 0 Å². The zero-order valence-electron chi connectivity index (χ0n) is 17.6. The molecule has 1 saturated carbocycles. The fraction of sp³-hybridized carbons (Fsp3) is 0.308. The van der Waals surface area contributed by atoms with E-state index in [1.807, 2.05) is 24.7 Å². The normalized spacial score (nSPS) is 14.5. The van der Waals surface area contributed by atoms with Crippen molar-refractivity contribution in [3.05, 3.63) is 72.4 Å². The number of imidazole rings is 1. The SMILES string of the molecule is c1cc(-c2cn(Cc3ccc4cc(CCCC5CCC5)[nH]c4c3)cn2)c2cn[nH]c2c1. The second-order valence-electron chi connectivity index (χ2n) is 8.97. The average Bonchev–Trinajstić information content (AvgIpc) is 3.48. The van der Waals surface area contributed by atoms with Gasteiger partial charge in [-0.25, -0.2) is 4.98 Å². The summed E-state index contributed by atoms with van der Waals surface area (Å²) >= 11 is 0. The smallest absolute Gasteiger partial charge is 0.0956 e. The molecule has 0 unspecified atom stereocenters. The number of hydrogen-bond donors (Lipinski definition) is 2. The van der Waals surface area contributed by atoms with Gasteiger partial charge in [0.05, 0.1) is 23.7 Å². The van der Waals surface area contributed by atoms with E-state index in [0.717, 1.165) is 41.0 Å². The number of aryl methyl sites for hydroxylation is 1. The van der Waals surface area contributed by atoms with Crippen LogP contribution >= 0.6 is 0 Å². The van der Waals surface area contributed by atoms with Gasteiger partial charge < -0.3 is 9.55 Å². The molecule has 5 nitrogen and oxygen atoms in total. The summed E-state index contributed by atoms with van der Waals surface area (Å²) in [6, 6.07) is 15.2. The fourth-order valence-electron chi connectivity index (χ4n) is 4.82. The van der Waals surface area contributed by atoms with Gasteiger partial charge in [0.1, 0.15) is 0 Å². The number of rotatable bonds is 7. The summed E-state index contributed by atoms with van der Waals surface area (Å²) in [6.07, 6.45) is 14.1. The van der Waals surface area contributed by atoms with Gasteiger partial charge in [-0.3, -0.25) is 5.10 Å². The van der Waals surface area contributed by atoms with E-state index in [1.54, 1.807) is 0 Å². The van der Waals surface area contributed by atoms with Crippen molar-refractivity contribution in [2.75, 3.05) is 0 Å². The molecular formula is C26H27N5. The lowest BCUT2D eigenvalue weighted by Gasteiger charge is -2.24. The Bertz CT molecular complexity index is 1330. The largest absolute Gasteiger partial charge is 0.358 e. The number of H-pyrrole nitrogens is 2. The molecule has 156 valence electrons. The van der Waals surface area contributed by atoms with Crippen molar-refractivity contribution in [2.24, 2.45) is 5.92 Å². The fourth-order valence-corrected chi connectivity index (χ4v) is 4.82. The molecule has 0 amide bonds. The number of aromatic nitrogens is 5. The van der Waals surface area contributed by atoms with Crippen molar-refractivity contribution < 1.29 is 0 Å². The first-order chi connectivity index (χ1) is 15.3. The summed E-state index contributed by atoms with van der Waals surface area (Å²) in [7, 11) is 0. The van der Waals surface area contributed by atoms with E-state index in [-0.39, 0.29) is 0 Å². The van der Waals surface area contributed by atoms with Crippen LogP contribution < -0.4 is 0 Å². The highest BCUT2D eigenvalue weighted by molar-refractivity contribution is 5.93. The zero-order valence-corrected chi connectivity index (χ0v) is 17.6. The van der Waals surface area contributed by atoms with Crippen molar-refractivity contribution in [3.63, 3.8) is 0 Å². The molecule has 5 aromatic rings. The van der Waals surface area contributed by atoms with Gasteiger partial charge >= 0.3 is 0 Å². The predicted octanol–water partition coefficient (Wildman–Crippen LogP) is 6.08. The second-order valence-corrected chi connectivity index (χ2v) is 8.97. The molecular weight excluding hydrogens is 382 g/mol. The molecule has 1 aliphatic carbocycles. The highest BCUT2D eigenvalue weighted by Gasteiger charge is 2.16. The highest BCUT2D eigenvalue weighted by atomic mass is 15.1. The van der Waals surface area contributed by atoms with Gasteiger partial charge in [0.15, 0.2) is 0 Å². The summed E-state index contributed by atoms with van der Waals surface area (Å²) in [5, 5.41) is 9.60. The number of benzene rings is 2. The molecule has 5 heteroatoms. The lowest BCUT2D eigenvalue weighted by molar-refractivity contribution is 0.290. The maximum Gasteiger partial charge on any atom is 0.0956 e. The molecule has 31 heavy (non-hydrogen) atoms. The summed E-state index contributed by atoms with van der Waals surface area (Å²) < 4.78 is 2.15. The van der Waals surface area contributed by atoms with Crippen LogP contribution in [0.3, 0.4) is 0 Å². The molecule has 0 aliphatic heterocycles. The lowest BCUT2D eigenvalue weighted by atomic mass is 9.82. The van der Waals surface area contributed by atoms with E-state index in [9.17, 15) is 0 Å². The third kappa shape index (κ3) is 3.65. The minimum Gasteiger partial charge on any atom is -0.358 e. The van der Waals surface area contributed by atoms with Crippen molar-refractivity contribution in [1.29, 1.82) is 0 Å². The van der Waals surface area contributed by atoms with Crippen molar-refractivity contribution in [2.45, 2.75) is 45.1 Å². The number of hydrogen-bond acceptors (Lipinski definition) is 2. The Labute approximate surface area is 181 Å². The Morgan fingerprint density at radius 3 is 2.94 bits per heavy atom. The molecule has 1 fully saturated rings. The first kappa shape index (κ1) is 18.4. The second kappa shape index (κ2) is 7.73. The molecule has 3 aromatic heterocycles. The topological polar surface area (TPSA) is 62.3 Å². The van der Waals surface area contributed by atoms with Crippen LogP contribution in [-0.4, -0.2) is 24.7 Å². The molecule has 0 atom stereocenters. The first-order valence-electron chi connectivity index (χ1n) is 11.4. The van der Waals surface area contributed by atoms with Crippen LogP contribution in [0.15, 0.2) is 61.2 Å². The summed E-state index contributed by atoms with van der Waals surface area (Å²) in [5.41, 5.74) is 7.00. The third-order valence-electron chi connectivity index (χ3n) is 6.79. The van der Waals surface area contributed by atoms with Crippen LogP contribution in [-0.2, 0) is 13.0 Å². The van der Waals surface area contributed by atoms with Crippen molar-refractivity contribution in [3.8, 4) is 11.3 Å². The minimum absolute atomic E-state index is 0.806. The monoisotopic (exact) mass is 409 g/mol. The Balaban J connectivity index is 1.17. The quantitative estimate of drug-likeness (QED) is 0.342. The summed E-state index contributed by atoms with van der Waals surface area (Å²) in [6.45, 7) is 0.806. The summed E-state index contributed by atoms with van der Waals surface area (Å²) in [4.78, 5) is 8.30. The predicted molar refractivity (Wildman–Crippen MR) is 125 cm³/mol. The van der Waals surface area contributed by atoms with Crippen molar-refractivity contribution in [1.82, 2.24) is 24.7 Å². The van der Waals surface area contributed by atoms with Gasteiger partial charge in [0, 0.05) is 34.9 Å². The van der Waals surface area contributed by atoms with E-state index in [2.05, 4.69) is 61.3 Å². The van der Waals surface area contributed by atoms with Gasteiger partial charge in [-0.1, -0.05) is 49.9 Å². The van der Waals surface area contributed by atoms with E-state index >= 15 is 0 Å². The average molecular weight is 410 g/mol. The molecule has 2 N–H and O–H groups in total. The molecule has 6 rings (SSSR count). The summed E-state index contributed by atoms with van der Waals surface area (Å²) in [5.74, 6) is 0.997. The zero-order chi connectivity index (χ0) is 20.6. The molecule has 2 aromatic carbocycles. The third-order valence-corrected chi connectivity index (χ3v) is 6.79. The van der Waals surface area contributed by atoms with Crippen LogP contribution in [0.1, 0.15) is 43.4 Å². The molecule has 0 bridgehead atoms. The molecule has 1 aliphatic rings. The molecule has 0 saturated heterocycles. The van der Waals surface area contributed by atoms with E-state index in [0.29, 0.717) is 0 Å². The van der Waals surface area contributed by atoms with Crippen LogP contribution in [0.2, 0.25) is 0 Å². The van der Waals surface area contributed by atoms with E-state index in [4.69, 9.17) is 0 Å². The number of nitrogens with one attached hydrogen (secondary N) is 2. The number of aromatic amines is 2. The lowest BCUT2D eigenvalue weighted by Crippen LogP contribution is -2.10. The Morgan fingerprint density at radius 1 is 1.06 bits per heavy atom. The van der Waals surface area contributed by atoms with Gasteiger partial charge in [-0.2, -0.15) is 5.10 Å². The van der Waals surface area contributed by atoms with Gasteiger partial charge in [0.2, 0.25) is 0 Å². The van der Waals surface area contributed by atoms with Crippen LogP contribution in [0.4, 0.5) is 0 Å².